The van der Waals surface area contributed by atoms with Crippen molar-refractivity contribution in [3.63, 3.8) is 0 Å². The molecule has 2 saturated carbocycles. The van der Waals surface area contributed by atoms with Crippen molar-refractivity contribution in [2.75, 3.05) is 11.4 Å². The Bertz CT molecular complexity index is 955. The second-order valence-electron chi connectivity index (χ2n) is 8.55. The fraction of sp³-hybridized carbons (Fsp3) is 0.455. The predicted molar refractivity (Wildman–Crippen MR) is 102 cm³/mol. The molecule has 2 aromatic rings. The van der Waals surface area contributed by atoms with Gasteiger partial charge in [-0.3, -0.25) is 9.78 Å². The molecular formula is C22H22F3N3O. The number of carbonyl (C=O) groups is 1. The Hall–Kier alpha value is -2.57. The molecule has 1 saturated heterocycles. The number of nitrogens with zero attached hydrogens (tertiary/aromatic N) is 2. The van der Waals surface area contributed by atoms with Gasteiger partial charge in [-0.25, -0.2) is 0 Å². The third-order valence-corrected chi connectivity index (χ3v) is 6.46. The van der Waals surface area contributed by atoms with Gasteiger partial charge in [0.05, 0.1) is 29.0 Å². The van der Waals surface area contributed by atoms with Gasteiger partial charge in [-0.2, -0.15) is 13.2 Å². The molecule has 1 aromatic carbocycles. The molecule has 2 heterocycles. The summed E-state index contributed by atoms with van der Waals surface area (Å²) in [6, 6.07) is 9.31. The zero-order chi connectivity index (χ0) is 20.4. The van der Waals surface area contributed by atoms with E-state index in [1.54, 1.807) is 0 Å². The van der Waals surface area contributed by atoms with Crippen molar-refractivity contribution in [1.29, 1.82) is 0 Å². The lowest BCUT2D eigenvalue weighted by molar-refractivity contribution is -0.137. The number of benzene rings is 1. The largest absolute Gasteiger partial charge is 0.417 e. The van der Waals surface area contributed by atoms with Crippen molar-refractivity contribution >= 4 is 11.6 Å². The smallest absolute Gasteiger partial charge is 0.360 e. The molecule has 3 atom stereocenters. The van der Waals surface area contributed by atoms with Gasteiger partial charge in [0.2, 0.25) is 5.91 Å². The molecule has 3 fully saturated rings. The fourth-order valence-corrected chi connectivity index (χ4v) is 4.92. The lowest BCUT2D eigenvalue weighted by Crippen LogP contribution is -2.44. The third kappa shape index (κ3) is 3.16. The molecule has 1 amide bonds. The molecule has 0 bridgehead atoms. The molecule has 152 valence electrons. The first kappa shape index (κ1) is 18.5. The van der Waals surface area contributed by atoms with Crippen LogP contribution in [0.3, 0.4) is 0 Å². The first-order valence-corrected chi connectivity index (χ1v) is 9.95. The van der Waals surface area contributed by atoms with Crippen LogP contribution in [0, 0.1) is 5.92 Å². The van der Waals surface area contributed by atoms with Crippen molar-refractivity contribution in [3.8, 4) is 0 Å². The van der Waals surface area contributed by atoms with E-state index in [9.17, 15) is 18.0 Å². The van der Waals surface area contributed by atoms with Crippen LogP contribution in [0.4, 0.5) is 18.9 Å². The molecule has 29 heavy (non-hydrogen) atoms. The summed E-state index contributed by atoms with van der Waals surface area (Å²) >= 11 is 0. The van der Waals surface area contributed by atoms with Crippen LogP contribution in [-0.2, 0) is 11.0 Å². The zero-order valence-corrected chi connectivity index (χ0v) is 16.0. The number of piperidine rings is 1. The monoisotopic (exact) mass is 401 g/mol. The zero-order valence-electron chi connectivity index (χ0n) is 16.0. The summed E-state index contributed by atoms with van der Waals surface area (Å²) < 4.78 is 39.7. The summed E-state index contributed by atoms with van der Waals surface area (Å²) in [4.78, 5) is 17.7. The maximum atomic E-state index is 13.2. The predicted octanol–water partition coefficient (Wildman–Crippen LogP) is 4.43. The van der Waals surface area contributed by atoms with E-state index in [1.807, 2.05) is 4.90 Å². The first-order valence-electron chi connectivity index (χ1n) is 9.95. The summed E-state index contributed by atoms with van der Waals surface area (Å²) in [6.07, 6.45) is 1.15. The minimum atomic E-state index is -4.44. The number of carbonyl (C=O) groups excluding carboxylic acids is 1. The number of alkyl halides is 3. The van der Waals surface area contributed by atoms with E-state index in [0.717, 1.165) is 24.2 Å². The summed E-state index contributed by atoms with van der Waals surface area (Å²) in [5.74, 6) is 0.736. The van der Waals surface area contributed by atoms with Crippen molar-refractivity contribution in [1.82, 2.24) is 10.3 Å². The summed E-state index contributed by atoms with van der Waals surface area (Å²) in [5.41, 5.74) is 1.57. The molecule has 2 aliphatic carbocycles. The van der Waals surface area contributed by atoms with Gasteiger partial charge in [0.1, 0.15) is 0 Å². The number of amides is 1. The van der Waals surface area contributed by atoms with E-state index in [-0.39, 0.29) is 17.9 Å². The Morgan fingerprint density at radius 1 is 1.17 bits per heavy atom. The quantitative estimate of drug-likeness (QED) is 0.824. The number of aromatic nitrogens is 1. The van der Waals surface area contributed by atoms with Crippen LogP contribution < -0.4 is 10.2 Å². The molecule has 5 rings (SSSR count). The maximum absolute atomic E-state index is 13.2. The summed E-state index contributed by atoms with van der Waals surface area (Å²) in [5, 5.41) is 3.11. The van der Waals surface area contributed by atoms with Gasteiger partial charge >= 0.3 is 6.18 Å². The highest BCUT2D eigenvalue weighted by Crippen LogP contribution is 2.61. The highest BCUT2D eigenvalue weighted by atomic mass is 19.4. The lowest BCUT2D eigenvalue weighted by Gasteiger charge is -2.34. The molecule has 1 N–H and O–H groups in total. The average molecular weight is 401 g/mol. The molecule has 3 aliphatic rings. The van der Waals surface area contributed by atoms with Crippen LogP contribution in [0.2, 0.25) is 0 Å². The van der Waals surface area contributed by atoms with Gasteiger partial charge < -0.3 is 10.2 Å². The number of rotatable bonds is 4. The van der Waals surface area contributed by atoms with E-state index in [2.05, 4.69) is 34.6 Å². The molecule has 0 spiro atoms. The molecule has 7 heteroatoms. The van der Waals surface area contributed by atoms with E-state index >= 15 is 0 Å². The Morgan fingerprint density at radius 3 is 2.48 bits per heavy atom. The van der Waals surface area contributed by atoms with Crippen molar-refractivity contribution in [2.24, 2.45) is 5.92 Å². The number of fused-ring (bicyclic) bond motifs is 1. The van der Waals surface area contributed by atoms with Crippen LogP contribution >= 0.6 is 0 Å². The molecule has 4 nitrogen and oxygen atoms in total. The number of anilines is 1. The fourth-order valence-electron chi connectivity index (χ4n) is 4.92. The van der Waals surface area contributed by atoms with E-state index in [0.29, 0.717) is 18.2 Å². The Labute approximate surface area is 167 Å². The molecule has 1 aliphatic heterocycles. The highest BCUT2D eigenvalue weighted by Gasteiger charge is 2.67. The SMILES string of the molecule is CC(=O)NC12CC1CN(c1cncc(C(F)(F)F)c1)C2c1ccc(C2CC2)cc1. The van der Waals surface area contributed by atoms with Crippen LogP contribution in [0.15, 0.2) is 42.7 Å². The topological polar surface area (TPSA) is 45.2 Å². The Kier molecular flexibility index (Phi) is 3.95. The lowest BCUT2D eigenvalue weighted by atomic mass is 9.94. The molecule has 0 radical (unpaired) electrons. The standard InChI is InChI=1S/C22H22F3N3O/c1-13(29)27-21-9-18(21)12-28(19-8-17(10-26-11-19)22(23,24)25)20(21)16-6-4-15(5-7-16)14-2-3-14/h4-8,10-11,14,18,20H,2-3,9,12H2,1H3,(H,27,29). The summed E-state index contributed by atoms with van der Waals surface area (Å²) in [6.45, 7) is 2.09. The van der Waals surface area contributed by atoms with Crippen LogP contribution in [-0.4, -0.2) is 23.0 Å². The van der Waals surface area contributed by atoms with Gasteiger partial charge in [0.15, 0.2) is 0 Å². The molecule has 1 aromatic heterocycles. The van der Waals surface area contributed by atoms with Crippen LogP contribution in [0.25, 0.3) is 0 Å². The average Bonchev–Trinajstić information content (AvgIpc) is 3.59. The second-order valence-corrected chi connectivity index (χ2v) is 8.55. The third-order valence-electron chi connectivity index (χ3n) is 6.46. The minimum Gasteiger partial charge on any atom is -0.360 e. The maximum Gasteiger partial charge on any atom is 0.417 e. The van der Waals surface area contributed by atoms with E-state index < -0.39 is 17.3 Å². The van der Waals surface area contributed by atoms with Crippen molar-refractivity contribution < 1.29 is 18.0 Å². The van der Waals surface area contributed by atoms with Gasteiger partial charge in [0.25, 0.3) is 0 Å². The van der Waals surface area contributed by atoms with E-state index in [4.69, 9.17) is 0 Å². The van der Waals surface area contributed by atoms with Crippen LogP contribution in [0.5, 0.6) is 0 Å². The highest BCUT2D eigenvalue weighted by molar-refractivity contribution is 5.76. The van der Waals surface area contributed by atoms with Gasteiger partial charge in [-0.15, -0.1) is 0 Å². The van der Waals surface area contributed by atoms with Gasteiger partial charge in [-0.1, -0.05) is 24.3 Å². The minimum absolute atomic E-state index is 0.115. The molecular weight excluding hydrogens is 379 g/mol. The summed E-state index contributed by atoms with van der Waals surface area (Å²) in [7, 11) is 0. The number of nitrogens with one attached hydrogen (secondary N) is 1. The first-order chi connectivity index (χ1) is 13.8. The number of pyridine rings is 1. The second kappa shape index (κ2) is 6.21. The Morgan fingerprint density at radius 2 is 1.86 bits per heavy atom. The number of hydrogen-bond donors (Lipinski definition) is 1. The molecule has 3 unspecified atom stereocenters. The Balaban J connectivity index is 1.53. The normalized spacial score (nSPS) is 28.2. The van der Waals surface area contributed by atoms with Gasteiger partial charge in [0, 0.05) is 25.6 Å². The number of hydrogen-bond acceptors (Lipinski definition) is 3. The van der Waals surface area contributed by atoms with E-state index in [1.165, 1.54) is 31.5 Å². The van der Waals surface area contributed by atoms with Crippen molar-refractivity contribution in [2.45, 2.75) is 49.9 Å². The van der Waals surface area contributed by atoms with Crippen molar-refractivity contribution in [3.05, 3.63) is 59.4 Å². The van der Waals surface area contributed by atoms with Gasteiger partial charge in [-0.05, 0) is 42.4 Å². The van der Waals surface area contributed by atoms with Crippen LogP contribution in [0.1, 0.15) is 54.8 Å². The number of halogens is 3.